The quantitative estimate of drug-likeness (QED) is 0.798. The molecule has 3 heteroatoms. The second-order valence-electron chi connectivity index (χ2n) is 5.41. The Balaban J connectivity index is 2.50. The summed E-state index contributed by atoms with van der Waals surface area (Å²) in [6.45, 7) is 7.33. The topological polar surface area (TPSA) is 46.3 Å². The first-order valence-electron chi connectivity index (χ1n) is 6.57. The molecule has 1 aliphatic rings. The Hall–Kier alpha value is -0.570. The van der Waals surface area contributed by atoms with E-state index in [4.69, 9.17) is 5.73 Å². The largest absolute Gasteiger partial charge is 0.339 e. The first-order chi connectivity index (χ1) is 7.52. The van der Waals surface area contributed by atoms with Crippen molar-refractivity contribution in [1.82, 2.24) is 4.90 Å². The van der Waals surface area contributed by atoms with Gasteiger partial charge in [-0.3, -0.25) is 4.79 Å². The normalized spacial score (nSPS) is 23.6. The van der Waals surface area contributed by atoms with E-state index in [-0.39, 0.29) is 6.04 Å². The molecule has 3 nitrogen and oxygen atoms in total. The van der Waals surface area contributed by atoms with Crippen molar-refractivity contribution >= 4 is 5.91 Å². The average Bonchev–Trinajstić information content (AvgIpc) is 2.25. The molecule has 0 aromatic carbocycles. The van der Waals surface area contributed by atoms with Crippen molar-refractivity contribution in [3.8, 4) is 0 Å². The standard InChI is InChI=1S/C13H26N2O/c1-10(2)12-6-4-5-9-15(12)13(16)8-7-11(3)14/h10-12H,4-9,14H2,1-3H3. The highest BCUT2D eigenvalue weighted by Gasteiger charge is 2.28. The lowest BCUT2D eigenvalue weighted by molar-refractivity contribution is -0.136. The zero-order chi connectivity index (χ0) is 12.1. The van der Waals surface area contributed by atoms with Crippen LogP contribution < -0.4 is 5.73 Å². The second-order valence-corrected chi connectivity index (χ2v) is 5.41. The Kier molecular flexibility index (Phi) is 5.26. The molecule has 1 saturated heterocycles. The van der Waals surface area contributed by atoms with Crippen LogP contribution in [0.2, 0.25) is 0 Å². The summed E-state index contributed by atoms with van der Waals surface area (Å²) in [5, 5.41) is 0. The lowest BCUT2D eigenvalue weighted by Crippen LogP contribution is -2.46. The molecule has 1 aliphatic heterocycles. The monoisotopic (exact) mass is 226 g/mol. The van der Waals surface area contributed by atoms with Gasteiger partial charge in [0, 0.05) is 25.0 Å². The molecule has 2 unspecified atom stereocenters. The Morgan fingerprint density at radius 3 is 2.62 bits per heavy atom. The first-order valence-corrected chi connectivity index (χ1v) is 6.57. The SMILES string of the molecule is CC(N)CCC(=O)N1CCCCC1C(C)C. The minimum atomic E-state index is 0.131. The smallest absolute Gasteiger partial charge is 0.222 e. The third kappa shape index (κ3) is 3.78. The zero-order valence-electron chi connectivity index (χ0n) is 10.9. The number of amides is 1. The van der Waals surface area contributed by atoms with Gasteiger partial charge in [0.2, 0.25) is 5.91 Å². The zero-order valence-corrected chi connectivity index (χ0v) is 10.9. The molecule has 0 aromatic rings. The van der Waals surface area contributed by atoms with E-state index in [1.54, 1.807) is 0 Å². The summed E-state index contributed by atoms with van der Waals surface area (Å²) >= 11 is 0. The predicted molar refractivity (Wildman–Crippen MR) is 67.1 cm³/mol. The Morgan fingerprint density at radius 2 is 2.06 bits per heavy atom. The number of piperidine rings is 1. The number of nitrogens with two attached hydrogens (primary N) is 1. The van der Waals surface area contributed by atoms with Gasteiger partial charge in [-0.25, -0.2) is 0 Å². The van der Waals surface area contributed by atoms with E-state index >= 15 is 0 Å². The number of carbonyl (C=O) groups is 1. The van der Waals surface area contributed by atoms with Crippen LogP contribution in [0.4, 0.5) is 0 Å². The van der Waals surface area contributed by atoms with Crippen molar-refractivity contribution in [2.24, 2.45) is 11.7 Å². The van der Waals surface area contributed by atoms with Crippen LogP contribution >= 0.6 is 0 Å². The number of rotatable bonds is 4. The second kappa shape index (κ2) is 6.24. The number of likely N-dealkylation sites (tertiary alicyclic amines) is 1. The fourth-order valence-electron chi connectivity index (χ4n) is 2.45. The molecule has 1 heterocycles. The van der Waals surface area contributed by atoms with Gasteiger partial charge < -0.3 is 10.6 Å². The summed E-state index contributed by atoms with van der Waals surface area (Å²) in [6, 6.07) is 0.584. The molecule has 0 aromatic heterocycles. The summed E-state index contributed by atoms with van der Waals surface area (Å²) < 4.78 is 0. The molecule has 0 radical (unpaired) electrons. The summed E-state index contributed by atoms with van der Waals surface area (Å²) in [5.41, 5.74) is 5.69. The molecule has 1 amide bonds. The van der Waals surface area contributed by atoms with E-state index < -0.39 is 0 Å². The minimum absolute atomic E-state index is 0.131. The highest BCUT2D eigenvalue weighted by molar-refractivity contribution is 5.76. The molecular weight excluding hydrogens is 200 g/mol. The van der Waals surface area contributed by atoms with Gasteiger partial charge >= 0.3 is 0 Å². The van der Waals surface area contributed by atoms with Gasteiger partial charge in [-0.05, 0) is 38.5 Å². The summed E-state index contributed by atoms with van der Waals surface area (Å²) in [4.78, 5) is 14.2. The van der Waals surface area contributed by atoms with E-state index in [0.717, 1.165) is 19.4 Å². The maximum absolute atomic E-state index is 12.1. The van der Waals surface area contributed by atoms with Gasteiger partial charge in [0.25, 0.3) is 0 Å². The highest BCUT2D eigenvalue weighted by Crippen LogP contribution is 2.24. The van der Waals surface area contributed by atoms with Crippen LogP contribution in [0.3, 0.4) is 0 Å². The average molecular weight is 226 g/mol. The summed E-state index contributed by atoms with van der Waals surface area (Å²) in [7, 11) is 0. The van der Waals surface area contributed by atoms with Gasteiger partial charge in [-0.15, -0.1) is 0 Å². The van der Waals surface area contributed by atoms with E-state index in [2.05, 4.69) is 18.7 Å². The molecule has 0 saturated carbocycles. The van der Waals surface area contributed by atoms with E-state index in [0.29, 0.717) is 24.3 Å². The molecule has 94 valence electrons. The van der Waals surface area contributed by atoms with Crippen LogP contribution in [0.5, 0.6) is 0 Å². The predicted octanol–water partition coefficient (Wildman–Crippen LogP) is 2.15. The first kappa shape index (κ1) is 13.5. The van der Waals surface area contributed by atoms with E-state index in [1.807, 2.05) is 6.92 Å². The van der Waals surface area contributed by atoms with Crippen LogP contribution in [-0.4, -0.2) is 29.4 Å². The third-order valence-corrected chi connectivity index (χ3v) is 3.45. The number of hydrogen-bond acceptors (Lipinski definition) is 2. The maximum Gasteiger partial charge on any atom is 0.222 e. The van der Waals surface area contributed by atoms with Crippen molar-refractivity contribution in [1.29, 1.82) is 0 Å². The van der Waals surface area contributed by atoms with E-state index in [9.17, 15) is 4.79 Å². The summed E-state index contributed by atoms with van der Waals surface area (Å²) in [6.07, 6.45) is 5.01. The van der Waals surface area contributed by atoms with Crippen LogP contribution in [0.15, 0.2) is 0 Å². The van der Waals surface area contributed by atoms with Crippen LogP contribution in [0.1, 0.15) is 52.9 Å². The Bertz CT molecular complexity index is 226. The van der Waals surface area contributed by atoms with Crippen molar-refractivity contribution in [3.05, 3.63) is 0 Å². The molecule has 1 fully saturated rings. The fourth-order valence-corrected chi connectivity index (χ4v) is 2.45. The number of carbonyl (C=O) groups excluding carboxylic acids is 1. The molecule has 0 aliphatic carbocycles. The minimum Gasteiger partial charge on any atom is -0.339 e. The van der Waals surface area contributed by atoms with Crippen molar-refractivity contribution in [2.45, 2.75) is 65.0 Å². The van der Waals surface area contributed by atoms with Crippen LogP contribution in [0, 0.1) is 5.92 Å². The maximum atomic E-state index is 12.1. The van der Waals surface area contributed by atoms with Gasteiger partial charge in [0.05, 0.1) is 0 Å². The van der Waals surface area contributed by atoms with Gasteiger partial charge in [-0.1, -0.05) is 13.8 Å². The molecule has 0 bridgehead atoms. The number of hydrogen-bond donors (Lipinski definition) is 1. The Morgan fingerprint density at radius 1 is 1.38 bits per heavy atom. The lowest BCUT2D eigenvalue weighted by Gasteiger charge is -2.38. The molecule has 2 N–H and O–H groups in total. The van der Waals surface area contributed by atoms with Crippen molar-refractivity contribution in [3.63, 3.8) is 0 Å². The molecular formula is C13H26N2O. The van der Waals surface area contributed by atoms with Crippen LogP contribution in [-0.2, 0) is 4.79 Å². The molecule has 1 rings (SSSR count). The fraction of sp³-hybridized carbons (Fsp3) is 0.923. The lowest BCUT2D eigenvalue weighted by atomic mass is 9.92. The molecule has 2 atom stereocenters. The molecule has 0 spiro atoms. The van der Waals surface area contributed by atoms with E-state index in [1.165, 1.54) is 12.8 Å². The van der Waals surface area contributed by atoms with Crippen LogP contribution in [0.25, 0.3) is 0 Å². The van der Waals surface area contributed by atoms with Gasteiger partial charge in [-0.2, -0.15) is 0 Å². The van der Waals surface area contributed by atoms with Crippen molar-refractivity contribution in [2.75, 3.05) is 6.54 Å². The molecule has 16 heavy (non-hydrogen) atoms. The highest BCUT2D eigenvalue weighted by atomic mass is 16.2. The Labute approximate surface area is 99.4 Å². The number of nitrogens with zero attached hydrogens (tertiary/aromatic N) is 1. The van der Waals surface area contributed by atoms with Crippen molar-refractivity contribution < 1.29 is 4.79 Å². The van der Waals surface area contributed by atoms with Gasteiger partial charge in [0.1, 0.15) is 0 Å². The summed E-state index contributed by atoms with van der Waals surface area (Å²) in [5.74, 6) is 0.871. The third-order valence-electron chi connectivity index (χ3n) is 3.45. The van der Waals surface area contributed by atoms with Gasteiger partial charge in [0.15, 0.2) is 0 Å².